The molecular weight excluding hydrogens is 283 g/mol. The Hall–Kier alpha value is -2.27. The van der Waals surface area contributed by atoms with Crippen molar-refractivity contribution in [2.45, 2.75) is 6.92 Å². The lowest BCUT2D eigenvalue weighted by atomic mass is 10.1. The second-order valence-electron chi connectivity index (χ2n) is 4.25. The molecule has 2 aromatic carbocycles. The fourth-order valence-corrected chi connectivity index (χ4v) is 1.82. The van der Waals surface area contributed by atoms with E-state index >= 15 is 0 Å². The van der Waals surface area contributed by atoms with Crippen LogP contribution in [0, 0.1) is 12.7 Å². The molecule has 0 atom stereocenters. The van der Waals surface area contributed by atoms with E-state index in [4.69, 9.17) is 27.8 Å². The number of hydrogen-bond donors (Lipinski definition) is 2. The Kier molecular flexibility index (Phi) is 3.81. The maximum absolute atomic E-state index is 13.8. The molecule has 20 heavy (non-hydrogen) atoms. The number of nitrogen functional groups attached to an aromatic ring is 1. The summed E-state index contributed by atoms with van der Waals surface area (Å²) in [5.41, 5.74) is 11.4. The van der Waals surface area contributed by atoms with Gasteiger partial charge >= 0.3 is 0 Å². The van der Waals surface area contributed by atoms with Crippen molar-refractivity contribution in [2.75, 3.05) is 5.73 Å². The normalized spacial score (nSPS) is 10.3. The summed E-state index contributed by atoms with van der Waals surface area (Å²) in [5, 5.41) is 0.455. The topological polar surface area (TPSA) is 78.3 Å². The third kappa shape index (κ3) is 2.83. The minimum absolute atomic E-state index is 0.00100. The largest absolute Gasteiger partial charge is 0.454 e. The monoisotopic (exact) mass is 294 g/mol. The fraction of sp³-hybridized carbons (Fsp3) is 0.0714. The van der Waals surface area contributed by atoms with Gasteiger partial charge in [0.15, 0.2) is 11.6 Å². The summed E-state index contributed by atoms with van der Waals surface area (Å²) in [7, 11) is 0. The molecule has 104 valence electrons. The molecule has 0 aliphatic carbocycles. The van der Waals surface area contributed by atoms with Gasteiger partial charge in [-0.15, -0.1) is 0 Å². The van der Waals surface area contributed by atoms with Gasteiger partial charge in [0.1, 0.15) is 5.75 Å². The Morgan fingerprint density at radius 3 is 2.60 bits per heavy atom. The van der Waals surface area contributed by atoms with Crippen molar-refractivity contribution >= 4 is 23.2 Å². The minimum atomic E-state index is -0.754. The molecule has 6 heteroatoms. The van der Waals surface area contributed by atoms with E-state index in [2.05, 4.69) is 0 Å². The van der Waals surface area contributed by atoms with Crippen LogP contribution in [-0.4, -0.2) is 5.91 Å². The van der Waals surface area contributed by atoms with Crippen LogP contribution in [0.4, 0.5) is 10.1 Å². The number of halogens is 2. The van der Waals surface area contributed by atoms with Crippen molar-refractivity contribution in [3.8, 4) is 11.5 Å². The predicted molar refractivity (Wildman–Crippen MR) is 75.6 cm³/mol. The molecule has 1 amide bonds. The zero-order chi connectivity index (χ0) is 14.9. The van der Waals surface area contributed by atoms with Crippen LogP contribution < -0.4 is 16.2 Å². The number of carbonyl (C=O) groups excluding carboxylic acids is 1. The lowest BCUT2D eigenvalue weighted by molar-refractivity contribution is 0.100. The molecule has 0 aromatic heterocycles. The van der Waals surface area contributed by atoms with E-state index in [1.807, 2.05) is 0 Å². The van der Waals surface area contributed by atoms with Gasteiger partial charge in [-0.2, -0.15) is 0 Å². The lowest BCUT2D eigenvalue weighted by Gasteiger charge is -2.12. The van der Waals surface area contributed by atoms with E-state index in [1.54, 1.807) is 25.1 Å². The van der Waals surface area contributed by atoms with E-state index in [-0.39, 0.29) is 17.0 Å². The molecule has 2 aromatic rings. The van der Waals surface area contributed by atoms with Gasteiger partial charge in [0.25, 0.3) is 5.91 Å². The zero-order valence-corrected chi connectivity index (χ0v) is 11.4. The summed E-state index contributed by atoms with van der Waals surface area (Å²) in [6.07, 6.45) is 0. The highest BCUT2D eigenvalue weighted by Crippen LogP contribution is 2.31. The fourth-order valence-electron chi connectivity index (χ4n) is 1.66. The molecule has 0 aliphatic heterocycles. The quantitative estimate of drug-likeness (QED) is 0.853. The van der Waals surface area contributed by atoms with Gasteiger partial charge < -0.3 is 16.2 Å². The second-order valence-corrected chi connectivity index (χ2v) is 4.68. The number of amides is 1. The summed E-state index contributed by atoms with van der Waals surface area (Å²) >= 11 is 5.86. The molecule has 2 rings (SSSR count). The van der Waals surface area contributed by atoms with Crippen LogP contribution in [0.1, 0.15) is 15.9 Å². The zero-order valence-electron chi connectivity index (χ0n) is 10.6. The maximum Gasteiger partial charge on any atom is 0.250 e. The number of nitrogens with two attached hydrogens (primary N) is 2. The third-order valence-electron chi connectivity index (χ3n) is 2.74. The molecule has 0 unspecified atom stereocenters. The van der Waals surface area contributed by atoms with Crippen molar-refractivity contribution in [3.63, 3.8) is 0 Å². The van der Waals surface area contributed by atoms with Gasteiger partial charge in [-0.25, -0.2) is 4.39 Å². The van der Waals surface area contributed by atoms with Gasteiger partial charge in [-0.1, -0.05) is 17.7 Å². The number of anilines is 1. The Labute approximate surface area is 120 Å². The number of aryl methyl sites for hydroxylation is 1. The number of ether oxygens (including phenoxy) is 1. The van der Waals surface area contributed by atoms with Gasteiger partial charge in [-0.05, 0) is 30.7 Å². The molecule has 0 bridgehead atoms. The van der Waals surface area contributed by atoms with Crippen LogP contribution in [0.15, 0.2) is 30.3 Å². The van der Waals surface area contributed by atoms with Crippen LogP contribution in [0.2, 0.25) is 5.02 Å². The molecule has 0 fully saturated rings. The van der Waals surface area contributed by atoms with Crippen molar-refractivity contribution in [1.82, 2.24) is 0 Å². The minimum Gasteiger partial charge on any atom is -0.454 e. The maximum atomic E-state index is 13.8. The first kappa shape index (κ1) is 14.1. The van der Waals surface area contributed by atoms with Crippen LogP contribution in [0.5, 0.6) is 11.5 Å². The first-order valence-electron chi connectivity index (χ1n) is 5.71. The Bertz CT molecular complexity index is 689. The van der Waals surface area contributed by atoms with Crippen molar-refractivity contribution in [2.24, 2.45) is 5.73 Å². The molecule has 0 saturated heterocycles. The summed E-state index contributed by atoms with van der Waals surface area (Å²) in [6.45, 7) is 1.79. The molecule has 0 spiro atoms. The van der Waals surface area contributed by atoms with Crippen molar-refractivity contribution < 1.29 is 13.9 Å². The Balaban J connectivity index is 2.45. The van der Waals surface area contributed by atoms with Crippen LogP contribution >= 0.6 is 11.6 Å². The molecule has 4 N–H and O–H groups in total. The van der Waals surface area contributed by atoms with Gasteiger partial charge in [0.05, 0.1) is 5.56 Å². The highest BCUT2D eigenvalue weighted by atomic mass is 35.5. The molecule has 0 saturated carbocycles. The van der Waals surface area contributed by atoms with E-state index in [1.165, 1.54) is 6.07 Å². The van der Waals surface area contributed by atoms with Crippen molar-refractivity contribution in [3.05, 3.63) is 52.3 Å². The number of hydrogen-bond acceptors (Lipinski definition) is 3. The number of carbonyl (C=O) groups is 1. The molecular formula is C14H12ClFN2O2. The highest BCUT2D eigenvalue weighted by molar-refractivity contribution is 6.30. The van der Waals surface area contributed by atoms with Crippen LogP contribution in [0.25, 0.3) is 0 Å². The number of rotatable bonds is 3. The first-order chi connectivity index (χ1) is 9.38. The summed E-state index contributed by atoms with van der Waals surface area (Å²) in [4.78, 5) is 11.2. The second kappa shape index (κ2) is 5.38. The summed E-state index contributed by atoms with van der Waals surface area (Å²) in [5.74, 6) is -1.20. The third-order valence-corrected chi connectivity index (χ3v) is 2.97. The molecule has 0 aliphatic rings. The van der Waals surface area contributed by atoms with E-state index in [0.717, 1.165) is 11.6 Å². The highest BCUT2D eigenvalue weighted by Gasteiger charge is 2.14. The van der Waals surface area contributed by atoms with Crippen molar-refractivity contribution in [1.29, 1.82) is 0 Å². The Morgan fingerprint density at radius 1 is 1.25 bits per heavy atom. The van der Waals surface area contributed by atoms with Gasteiger partial charge in [0.2, 0.25) is 0 Å². The van der Waals surface area contributed by atoms with Gasteiger partial charge in [-0.3, -0.25) is 4.79 Å². The van der Waals surface area contributed by atoms with E-state index in [0.29, 0.717) is 10.8 Å². The predicted octanol–water partition coefficient (Wildman–Crippen LogP) is 3.26. The van der Waals surface area contributed by atoms with Crippen LogP contribution in [0.3, 0.4) is 0 Å². The number of benzene rings is 2. The standard InChI is InChI=1S/C14H12ClFN2O2/c1-7-2-3-8(15)4-12(7)20-13-5-9(14(18)19)11(17)6-10(13)16/h2-6H,17H2,1H3,(H2,18,19). The summed E-state index contributed by atoms with van der Waals surface area (Å²) < 4.78 is 19.3. The average Bonchev–Trinajstić information content (AvgIpc) is 2.36. The molecule has 0 radical (unpaired) electrons. The van der Waals surface area contributed by atoms with Crippen LogP contribution in [-0.2, 0) is 0 Å². The average molecular weight is 295 g/mol. The Morgan fingerprint density at radius 2 is 1.95 bits per heavy atom. The molecule has 4 nitrogen and oxygen atoms in total. The van der Waals surface area contributed by atoms with E-state index < -0.39 is 11.7 Å². The van der Waals surface area contributed by atoms with E-state index in [9.17, 15) is 9.18 Å². The van der Waals surface area contributed by atoms with Gasteiger partial charge in [0, 0.05) is 16.8 Å². The number of primary amides is 1. The molecule has 0 heterocycles. The SMILES string of the molecule is Cc1ccc(Cl)cc1Oc1cc(C(N)=O)c(N)cc1F. The lowest BCUT2D eigenvalue weighted by Crippen LogP contribution is -2.14. The summed E-state index contributed by atoms with van der Waals surface area (Å²) in [6, 6.07) is 7.15. The first-order valence-corrected chi connectivity index (χ1v) is 6.09. The smallest absolute Gasteiger partial charge is 0.250 e.